The zero-order valence-electron chi connectivity index (χ0n) is 26.8. The van der Waals surface area contributed by atoms with Crippen LogP contribution in [0.25, 0.3) is 10.2 Å². The van der Waals surface area contributed by atoms with Gasteiger partial charge in [-0.25, -0.2) is 4.98 Å². The zero-order valence-corrected chi connectivity index (χ0v) is 27.6. The molecule has 1 fully saturated rings. The number of benzene rings is 1. The molecule has 3 aromatic rings. The van der Waals surface area contributed by atoms with Crippen molar-refractivity contribution in [1.29, 1.82) is 0 Å². The highest BCUT2D eigenvalue weighted by Crippen LogP contribution is 2.43. The number of carbonyl (C=O) groups is 3. The summed E-state index contributed by atoms with van der Waals surface area (Å²) in [5, 5.41) is 12.9. The van der Waals surface area contributed by atoms with Crippen LogP contribution >= 0.6 is 11.3 Å². The fourth-order valence-electron chi connectivity index (χ4n) is 5.91. The first-order valence-electron chi connectivity index (χ1n) is 16.0. The summed E-state index contributed by atoms with van der Waals surface area (Å²) in [5.41, 5.74) is 0.660. The molecule has 3 heterocycles. The Bertz CT molecular complexity index is 1630. The fraction of sp³-hybridized carbons (Fsp3) is 0.545. The van der Waals surface area contributed by atoms with Gasteiger partial charge in [-0.15, -0.1) is 11.3 Å². The summed E-state index contributed by atoms with van der Waals surface area (Å²) in [6.07, 6.45) is 4.33. The number of fused-ring (bicyclic) bond motifs is 3. The smallest absolute Gasteiger partial charge is 0.259 e. The molecule has 2 aliphatic rings. The number of methoxy groups -OCH3 is 1. The number of carbonyl (C=O) groups excluding carboxylic acids is 3. The monoisotopic (exact) mass is 652 g/mol. The van der Waals surface area contributed by atoms with Crippen LogP contribution in [0.2, 0.25) is 0 Å². The molecular weight excluding hydrogens is 608 g/mol. The maximum absolute atomic E-state index is 14.2. The van der Waals surface area contributed by atoms with Gasteiger partial charge in [0.2, 0.25) is 11.8 Å². The Morgan fingerprint density at radius 2 is 1.96 bits per heavy atom. The third kappa shape index (κ3) is 8.43. The summed E-state index contributed by atoms with van der Waals surface area (Å²) >= 11 is 1.49. The standard InChI is InChI=1S/C33H44N6O6S/c1-20-21(2)46-31-29(20)30(42)38-26(39-31)10-12-36-32(43)33(16-22-6-7-22)17-23-8-9-24(44-3)25(15-23)45-18-28(41)35-14-13-34-11-4-5-27(40)37-19-33/h8-9,15,22,34H,4-7,10-14,16-19H2,1-3H3,(H,35,41)(H,36,43)(H,37,40)(H,38,39,42). The predicted octanol–water partition coefficient (Wildman–Crippen LogP) is 2.29. The molecule has 0 spiro atoms. The zero-order chi connectivity index (χ0) is 32.7. The van der Waals surface area contributed by atoms with Gasteiger partial charge in [0.1, 0.15) is 10.7 Å². The molecule has 1 aliphatic carbocycles. The third-order valence-electron chi connectivity index (χ3n) is 8.73. The van der Waals surface area contributed by atoms with E-state index in [2.05, 4.69) is 31.2 Å². The minimum Gasteiger partial charge on any atom is -0.493 e. The molecule has 248 valence electrons. The molecular formula is C33H44N6O6S. The van der Waals surface area contributed by atoms with Gasteiger partial charge in [0.25, 0.3) is 11.5 Å². The Balaban J connectivity index is 1.39. The summed E-state index contributed by atoms with van der Waals surface area (Å²) in [6, 6.07) is 5.47. The summed E-state index contributed by atoms with van der Waals surface area (Å²) < 4.78 is 11.4. The van der Waals surface area contributed by atoms with Gasteiger partial charge in [-0.3, -0.25) is 19.2 Å². The quantitative estimate of drug-likeness (QED) is 0.260. The predicted molar refractivity (Wildman–Crippen MR) is 177 cm³/mol. The molecule has 12 nitrogen and oxygen atoms in total. The van der Waals surface area contributed by atoms with E-state index in [9.17, 15) is 19.2 Å². The van der Waals surface area contributed by atoms with Gasteiger partial charge in [-0.1, -0.05) is 18.9 Å². The van der Waals surface area contributed by atoms with Crippen molar-refractivity contribution < 1.29 is 23.9 Å². The van der Waals surface area contributed by atoms with Crippen LogP contribution in [0.15, 0.2) is 23.0 Å². The average molecular weight is 653 g/mol. The van der Waals surface area contributed by atoms with Gasteiger partial charge < -0.3 is 35.7 Å². The second kappa shape index (κ2) is 15.1. The molecule has 1 aromatic carbocycles. The Hall–Kier alpha value is -3.97. The van der Waals surface area contributed by atoms with E-state index in [0.717, 1.165) is 28.8 Å². The minimum absolute atomic E-state index is 0.112. The van der Waals surface area contributed by atoms with Crippen LogP contribution in [0.1, 0.15) is 53.9 Å². The number of hydrogen-bond donors (Lipinski definition) is 5. The lowest BCUT2D eigenvalue weighted by atomic mass is 9.75. The lowest BCUT2D eigenvalue weighted by Gasteiger charge is -2.33. The Labute approximate surface area is 272 Å². The van der Waals surface area contributed by atoms with Crippen LogP contribution < -0.4 is 36.3 Å². The average Bonchev–Trinajstić information content (AvgIpc) is 3.79. The van der Waals surface area contributed by atoms with E-state index in [1.807, 2.05) is 26.0 Å². The molecule has 0 radical (unpaired) electrons. The molecule has 3 amide bonds. The van der Waals surface area contributed by atoms with Crippen molar-refractivity contribution in [2.24, 2.45) is 11.3 Å². The molecule has 2 bridgehead atoms. The normalized spacial score (nSPS) is 20.2. The van der Waals surface area contributed by atoms with Gasteiger partial charge >= 0.3 is 0 Å². The number of aromatic amines is 1. The summed E-state index contributed by atoms with van der Waals surface area (Å²) in [6.45, 7) is 5.82. The molecule has 0 saturated heterocycles. The second-order valence-electron chi connectivity index (χ2n) is 12.3. The summed E-state index contributed by atoms with van der Waals surface area (Å²) in [4.78, 5) is 61.6. The number of rotatable bonds is 7. The lowest BCUT2D eigenvalue weighted by Crippen LogP contribution is -2.50. The van der Waals surface area contributed by atoms with Crippen LogP contribution in [-0.4, -0.2) is 74.1 Å². The van der Waals surface area contributed by atoms with Gasteiger partial charge in [0.05, 0.1) is 17.9 Å². The van der Waals surface area contributed by atoms with Crippen LogP contribution in [0, 0.1) is 25.2 Å². The highest BCUT2D eigenvalue weighted by molar-refractivity contribution is 7.18. The molecule has 1 atom stereocenters. The van der Waals surface area contributed by atoms with E-state index >= 15 is 0 Å². The van der Waals surface area contributed by atoms with Crippen molar-refractivity contribution in [2.75, 3.05) is 46.4 Å². The van der Waals surface area contributed by atoms with E-state index in [1.54, 1.807) is 6.07 Å². The number of hydrogen-bond acceptors (Lipinski definition) is 9. The number of amides is 3. The van der Waals surface area contributed by atoms with Crippen LogP contribution in [0.3, 0.4) is 0 Å². The van der Waals surface area contributed by atoms with E-state index in [-0.39, 0.29) is 43.0 Å². The summed E-state index contributed by atoms with van der Waals surface area (Å²) in [7, 11) is 1.53. The number of thiophene rings is 1. The number of aromatic nitrogens is 2. The van der Waals surface area contributed by atoms with E-state index < -0.39 is 5.41 Å². The number of nitrogens with one attached hydrogen (secondary N) is 5. The number of nitrogens with zero attached hydrogens (tertiary/aromatic N) is 1. The Morgan fingerprint density at radius 1 is 1.13 bits per heavy atom. The van der Waals surface area contributed by atoms with Crippen molar-refractivity contribution in [1.82, 2.24) is 31.2 Å². The summed E-state index contributed by atoms with van der Waals surface area (Å²) in [5.74, 6) is 1.25. The van der Waals surface area contributed by atoms with E-state index in [1.165, 1.54) is 18.4 Å². The lowest BCUT2D eigenvalue weighted by molar-refractivity contribution is -0.132. The number of ether oxygens (including phenoxy) is 2. The van der Waals surface area contributed by atoms with Crippen LogP contribution in [0.5, 0.6) is 11.5 Å². The van der Waals surface area contributed by atoms with Crippen molar-refractivity contribution in [3.63, 3.8) is 0 Å². The van der Waals surface area contributed by atoms with Gasteiger partial charge in [-0.05, 0) is 68.8 Å². The first-order valence-corrected chi connectivity index (χ1v) is 16.8. The highest BCUT2D eigenvalue weighted by atomic mass is 32.1. The maximum atomic E-state index is 14.2. The van der Waals surface area contributed by atoms with E-state index in [4.69, 9.17) is 9.47 Å². The molecule has 2 aromatic heterocycles. The molecule has 5 N–H and O–H groups in total. The minimum atomic E-state index is -0.934. The van der Waals surface area contributed by atoms with Crippen molar-refractivity contribution in [3.8, 4) is 11.5 Å². The first kappa shape index (κ1) is 33.4. The number of H-pyrrole nitrogens is 1. The maximum Gasteiger partial charge on any atom is 0.259 e. The van der Waals surface area contributed by atoms with Gasteiger partial charge in [-0.2, -0.15) is 0 Å². The van der Waals surface area contributed by atoms with Gasteiger partial charge in [0.15, 0.2) is 18.1 Å². The SMILES string of the molecule is COc1ccc2cc1OCC(=O)NCCNCCCC(=O)NCC(CC1CC1)(C(=O)NCCc1nc3sc(C)c(C)c3c(=O)[nH]1)C2. The van der Waals surface area contributed by atoms with Crippen molar-refractivity contribution >= 4 is 39.3 Å². The van der Waals surface area contributed by atoms with Gasteiger partial charge in [0, 0.05) is 43.9 Å². The van der Waals surface area contributed by atoms with Crippen molar-refractivity contribution in [3.05, 3.63) is 50.4 Å². The van der Waals surface area contributed by atoms with Crippen LogP contribution in [0.4, 0.5) is 0 Å². The van der Waals surface area contributed by atoms with E-state index in [0.29, 0.717) is 85.2 Å². The molecule has 1 saturated carbocycles. The second-order valence-corrected chi connectivity index (χ2v) is 13.5. The third-order valence-corrected chi connectivity index (χ3v) is 9.83. The first-order chi connectivity index (χ1) is 22.2. The Kier molecular flexibility index (Phi) is 10.9. The topological polar surface area (TPSA) is 164 Å². The van der Waals surface area contributed by atoms with Crippen LogP contribution in [-0.2, 0) is 27.2 Å². The Morgan fingerprint density at radius 3 is 2.74 bits per heavy atom. The molecule has 46 heavy (non-hydrogen) atoms. The molecule has 1 unspecified atom stereocenters. The largest absolute Gasteiger partial charge is 0.493 e. The fourth-order valence-corrected chi connectivity index (χ4v) is 6.96. The van der Waals surface area contributed by atoms with Crippen molar-refractivity contribution in [2.45, 2.75) is 58.8 Å². The number of aryl methyl sites for hydroxylation is 2. The molecule has 1 aliphatic heterocycles. The molecule has 5 rings (SSSR count). The molecule has 13 heteroatoms. The highest BCUT2D eigenvalue weighted by Gasteiger charge is 2.43.